The Morgan fingerprint density at radius 3 is 3.00 bits per heavy atom. The third-order valence-electron chi connectivity index (χ3n) is 3.25. The fourth-order valence-corrected chi connectivity index (χ4v) is 2.17. The van der Waals surface area contributed by atoms with Crippen molar-refractivity contribution in [2.75, 3.05) is 33.4 Å². The molecule has 5 nitrogen and oxygen atoms in total. The highest BCUT2D eigenvalue weighted by Crippen LogP contribution is 2.14. The monoisotopic (exact) mass is 314 g/mol. The van der Waals surface area contributed by atoms with Gasteiger partial charge in [0.25, 0.3) is 5.91 Å². The second kappa shape index (κ2) is 9.60. The van der Waals surface area contributed by atoms with Crippen LogP contribution in [0.25, 0.3) is 0 Å². The summed E-state index contributed by atoms with van der Waals surface area (Å²) in [7, 11) is 1.67. The predicted octanol–water partition coefficient (Wildman–Crippen LogP) is 1.62. The van der Waals surface area contributed by atoms with Crippen LogP contribution in [0.5, 0.6) is 5.75 Å². The molecule has 0 spiro atoms. The van der Waals surface area contributed by atoms with Gasteiger partial charge in [0.1, 0.15) is 5.75 Å². The minimum Gasteiger partial charge on any atom is -0.493 e. The summed E-state index contributed by atoms with van der Waals surface area (Å²) < 4.78 is 10.6. The van der Waals surface area contributed by atoms with E-state index in [-0.39, 0.29) is 24.4 Å². The van der Waals surface area contributed by atoms with Crippen molar-refractivity contribution < 1.29 is 14.3 Å². The van der Waals surface area contributed by atoms with Crippen molar-refractivity contribution in [3.8, 4) is 5.75 Å². The van der Waals surface area contributed by atoms with Gasteiger partial charge in [-0.2, -0.15) is 0 Å². The number of amides is 1. The Labute approximate surface area is 131 Å². The van der Waals surface area contributed by atoms with Gasteiger partial charge in [0.2, 0.25) is 0 Å². The van der Waals surface area contributed by atoms with Crippen molar-refractivity contribution in [2.24, 2.45) is 0 Å². The van der Waals surface area contributed by atoms with E-state index in [0.717, 1.165) is 31.7 Å². The maximum absolute atomic E-state index is 12.1. The number of halogens is 1. The molecule has 2 rings (SSSR count). The normalized spacial score (nSPS) is 17.1. The van der Waals surface area contributed by atoms with Crippen LogP contribution in [0.3, 0.4) is 0 Å². The molecule has 0 saturated carbocycles. The van der Waals surface area contributed by atoms with E-state index in [1.807, 2.05) is 12.1 Å². The average Bonchev–Trinajstić information content (AvgIpc) is 2.97. The minimum atomic E-state index is -0.0407. The van der Waals surface area contributed by atoms with Gasteiger partial charge in [-0.05, 0) is 31.2 Å². The molecule has 1 heterocycles. The molecule has 118 valence electrons. The van der Waals surface area contributed by atoms with Crippen LogP contribution < -0.4 is 15.4 Å². The summed E-state index contributed by atoms with van der Waals surface area (Å²) in [6.45, 7) is 3.08. The van der Waals surface area contributed by atoms with Crippen molar-refractivity contribution in [1.29, 1.82) is 0 Å². The van der Waals surface area contributed by atoms with Crippen LogP contribution in [0, 0.1) is 0 Å². The first-order valence-electron chi connectivity index (χ1n) is 7.03. The summed E-state index contributed by atoms with van der Waals surface area (Å²) in [5.41, 5.74) is 0.640. The van der Waals surface area contributed by atoms with Crippen molar-refractivity contribution in [3.05, 3.63) is 29.8 Å². The summed E-state index contributed by atoms with van der Waals surface area (Å²) in [6, 6.07) is 7.52. The van der Waals surface area contributed by atoms with Crippen LogP contribution >= 0.6 is 12.4 Å². The molecular formula is C15H23ClN2O3. The summed E-state index contributed by atoms with van der Waals surface area (Å²) in [5, 5.41) is 6.25. The van der Waals surface area contributed by atoms with Gasteiger partial charge >= 0.3 is 0 Å². The summed E-state index contributed by atoms with van der Waals surface area (Å²) in [5.74, 6) is 0.680. The molecule has 1 amide bonds. The van der Waals surface area contributed by atoms with E-state index in [2.05, 4.69) is 10.6 Å². The van der Waals surface area contributed by atoms with E-state index in [1.165, 1.54) is 0 Å². The Bertz CT molecular complexity index is 437. The summed E-state index contributed by atoms with van der Waals surface area (Å²) >= 11 is 0. The fourth-order valence-electron chi connectivity index (χ4n) is 2.17. The molecule has 21 heavy (non-hydrogen) atoms. The zero-order valence-corrected chi connectivity index (χ0v) is 13.1. The zero-order valence-electron chi connectivity index (χ0n) is 12.3. The second-order valence-corrected chi connectivity index (χ2v) is 4.89. The lowest BCUT2D eigenvalue weighted by Gasteiger charge is -2.12. The molecule has 0 aromatic heterocycles. The van der Waals surface area contributed by atoms with Gasteiger partial charge in [-0.25, -0.2) is 0 Å². The third kappa shape index (κ3) is 5.91. The minimum absolute atomic E-state index is 0. The largest absolute Gasteiger partial charge is 0.493 e. The first-order chi connectivity index (χ1) is 9.79. The number of hydrogen-bond donors (Lipinski definition) is 2. The van der Waals surface area contributed by atoms with Crippen LogP contribution in [-0.2, 0) is 4.74 Å². The number of hydrogen-bond acceptors (Lipinski definition) is 4. The molecule has 0 aliphatic carbocycles. The van der Waals surface area contributed by atoms with Crippen LogP contribution in [0.15, 0.2) is 24.3 Å². The molecular weight excluding hydrogens is 292 g/mol. The Hall–Kier alpha value is -1.30. The Kier molecular flexibility index (Phi) is 8.12. The number of ether oxygens (including phenoxy) is 2. The van der Waals surface area contributed by atoms with Crippen molar-refractivity contribution in [2.45, 2.75) is 18.9 Å². The topological polar surface area (TPSA) is 59.6 Å². The SMILES string of the molecule is COCCCOc1cccc(C(=O)NC2CCNC2)c1.Cl. The summed E-state index contributed by atoms with van der Waals surface area (Å²) in [4.78, 5) is 12.1. The molecule has 1 aromatic carbocycles. The maximum Gasteiger partial charge on any atom is 0.251 e. The van der Waals surface area contributed by atoms with E-state index >= 15 is 0 Å². The van der Waals surface area contributed by atoms with E-state index < -0.39 is 0 Å². The Morgan fingerprint density at radius 2 is 2.29 bits per heavy atom. The van der Waals surface area contributed by atoms with Gasteiger partial charge < -0.3 is 20.1 Å². The highest BCUT2D eigenvalue weighted by atomic mass is 35.5. The fraction of sp³-hybridized carbons (Fsp3) is 0.533. The van der Waals surface area contributed by atoms with Crippen LogP contribution in [0.2, 0.25) is 0 Å². The standard InChI is InChI=1S/C15H22N2O3.ClH/c1-19-8-3-9-20-14-5-2-4-12(10-14)15(18)17-13-6-7-16-11-13;/h2,4-5,10,13,16H,3,6-9,11H2,1H3,(H,17,18);1H. The van der Waals surface area contributed by atoms with Gasteiger partial charge in [0, 0.05) is 38.3 Å². The van der Waals surface area contributed by atoms with E-state index in [9.17, 15) is 4.79 Å². The van der Waals surface area contributed by atoms with Gasteiger partial charge in [0.05, 0.1) is 6.61 Å². The lowest BCUT2D eigenvalue weighted by molar-refractivity contribution is 0.0939. The average molecular weight is 315 g/mol. The van der Waals surface area contributed by atoms with Crippen LogP contribution in [0.1, 0.15) is 23.2 Å². The number of carbonyl (C=O) groups excluding carboxylic acids is 1. The predicted molar refractivity (Wildman–Crippen MR) is 84.4 cm³/mol. The van der Waals surface area contributed by atoms with Gasteiger partial charge in [0.15, 0.2) is 0 Å². The molecule has 0 radical (unpaired) electrons. The Balaban J connectivity index is 0.00000220. The number of benzene rings is 1. The smallest absolute Gasteiger partial charge is 0.251 e. The van der Waals surface area contributed by atoms with E-state index in [1.54, 1.807) is 19.2 Å². The maximum atomic E-state index is 12.1. The molecule has 1 saturated heterocycles. The molecule has 2 N–H and O–H groups in total. The number of rotatable bonds is 7. The van der Waals surface area contributed by atoms with Crippen LogP contribution in [0.4, 0.5) is 0 Å². The molecule has 1 aliphatic heterocycles. The number of nitrogens with one attached hydrogen (secondary N) is 2. The zero-order chi connectivity index (χ0) is 14.2. The molecule has 1 aromatic rings. The van der Waals surface area contributed by atoms with Gasteiger partial charge in [-0.3, -0.25) is 4.79 Å². The van der Waals surface area contributed by atoms with E-state index in [0.29, 0.717) is 18.8 Å². The first kappa shape index (κ1) is 17.8. The molecule has 1 atom stereocenters. The van der Waals surface area contributed by atoms with Crippen molar-refractivity contribution in [3.63, 3.8) is 0 Å². The highest BCUT2D eigenvalue weighted by molar-refractivity contribution is 5.94. The molecule has 1 fully saturated rings. The van der Waals surface area contributed by atoms with E-state index in [4.69, 9.17) is 9.47 Å². The first-order valence-corrected chi connectivity index (χ1v) is 7.03. The molecule has 0 bridgehead atoms. The molecule has 1 unspecified atom stereocenters. The highest BCUT2D eigenvalue weighted by Gasteiger charge is 2.17. The van der Waals surface area contributed by atoms with Gasteiger partial charge in [-0.15, -0.1) is 12.4 Å². The lowest BCUT2D eigenvalue weighted by Crippen LogP contribution is -2.36. The van der Waals surface area contributed by atoms with Crippen molar-refractivity contribution >= 4 is 18.3 Å². The van der Waals surface area contributed by atoms with Crippen LogP contribution in [-0.4, -0.2) is 45.4 Å². The molecule has 1 aliphatic rings. The number of carbonyl (C=O) groups is 1. The Morgan fingerprint density at radius 1 is 1.43 bits per heavy atom. The van der Waals surface area contributed by atoms with Crippen molar-refractivity contribution in [1.82, 2.24) is 10.6 Å². The second-order valence-electron chi connectivity index (χ2n) is 4.89. The summed E-state index contributed by atoms with van der Waals surface area (Å²) in [6.07, 6.45) is 1.82. The third-order valence-corrected chi connectivity index (χ3v) is 3.25. The lowest BCUT2D eigenvalue weighted by atomic mass is 10.1. The van der Waals surface area contributed by atoms with Gasteiger partial charge in [-0.1, -0.05) is 6.07 Å². The number of methoxy groups -OCH3 is 1. The molecule has 6 heteroatoms. The quantitative estimate of drug-likeness (QED) is 0.751.